The van der Waals surface area contributed by atoms with Gasteiger partial charge in [-0.2, -0.15) is 0 Å². The number of aryl methyl sites for hydroxylation is 1. The Kier molecular flexibility index (Phi) is 5.02. The number of halogens is 1. The van der Waals surface area contributed by atoms with Gasteiger partial charge in [-0.3, -0.25) is 0 Å². The van der Waals surface area contributed by atoms with Crippen LogP contribution in [-0.2, 0) is 9.31 Å². The van der Waals surface area contributed by atoms with Gasteiger partial charge in [-0.25, -0.2) is 4.98 Å². The number of likely N-dealkylation sites (N-methyl/N-ethyl adjacent to an activating group) is 1. The molecule has 0 unspecified atom stereocenters. The molecule has 0 aliphatic carbocycles. The maximum atomic E-state index is 6.23. The molecule has 0 amide bonds. The average Bonchev–Trinajstić information content (AvgIpc) is 2.61. The summed E-state index contributed by atoms with van der Waals surface area (Å²) in [6.07, 6.45) is 3.73. The van der Waals surface area contributed by atoms with Crippen molar-refractivity contribution in [2.75, 3.05) is 13.6 Å². The van der Waals surface area contributed by atoms with Gasteiger partial charge in [-0.1, -0.05) is 17.7 Å². The smallest absolute Gasteiger partial charge is 0.400 e. The van der Waals surface area contributed by atoms with Crippen LogP contribution in [0.5, 0.6) is 0 Å². The highest BCUT2D eigenvalue weighted by molar-refractivity contribution is 6.56. The zero-order chi connectivity index (χ0) is 16.5. The van der Waals surface area contributed by atoms with Gasteiger partial charge in [0.05, 0.1) is 11.2 Å². The van der Waals surface area contributed by atoms with Crippen LogP contribution in [0.3, 0.4) is 0 Å². The zero-order valence-electron chi connectivity index (χ0n) is 14.2. The third-order valence-corrected chi connectivity index (χ3v) is 4.73. The van der Waals surface area contributed by atoms with Gasteiger partial charge in [0, 0.05) is 18.3 Å². The molecule has 1 aliphatic rings. The first-order valence-electron chi connectivity index (χ1n) is 7.50. The molecule has 1 N–H and O–H groups in total. The van der Waals surface area contributed by atoms with Crippen molar-refractivity contribution in [1.82, 2.24) is 10.3 Å². The zero-order valence-corrected chi connectivity index (χ0v) is 14.9. The Morgan fingerprint density at radius 3 is 2.41 bits per heavy atom. The van der Waals surface area contributed by atoms with Gasteiger partial charge in [0.2, 0.25) is 0 Å². The molecule has 1 aromatic rings. The fraction of sp³-hybridized carbons (Fsp3) is 0.562. The minimum absolute atomic E-state index is 0.363. The lowest BCUT2D eigenvalue weighted by molar-refractivity contribution is 0.00578. The van der Waals surface area contributed by atoms with E-state index in [4.69, 9.17) is 20.9 Å². The second kappa shape index (κ2) is 6.32. The van der Waals surface area contributed by atoms with Crippen molar-refractivity contribution in [1.29, 1.82) is 0 Å². The van der Waals surface area contributed by atoms with Crippen molar-refractivity contribution in [3.8, 4) is 0 Å². The second-order valence-electron chi connectivity index (χ2n) is 6.67. The van der Waals surface area contributed by atoms with Gasteiger partial charge in [0.1, 0.15) is 5.15 Å². The molecule has 22 heavy (non-hydrogen) atoms. The summed E-state index contributed by atoms with van der Waals surface area (Å²) >= 11 is 6.23. The summed E-state index contributed by atoms with van der Waals surface area (Å²) in [5, 5.41) is 3.66. The minimum atomic E-state index is -0.395. The molecule has 0 aromatic carbocycles. The lowest BCUT2D eigenvalue weighted by Gasteiger charge is -2.32. The van der Waals surface area contributed by atoms with Crippen molar-refractivity contribution < 1.29 is 9.31 Å². The number of hydrogen-bond donors (Lipinski definition) is 1. The van der Waals surface area contributed by atoms with Gasteiger partial charge < -0.3 is 14.6 Å². The lowest BCUT2D eigenvalue weighted by atomic mass is 9.77. The molecule has 1 saturated heterocycles. The van der Waals surface area contributed by atoms with E-state index in [-0.39, 0.29) is 11.2 Å². The van der Waals surface area contributed by atoms with Crippen molar-refractivity contribution in [2.24, 2.45) is 0 Å². The molecule has 6 heteroatoms. The minimum Gasteiger partial charge on any atom is -0.400 e. The van der Waals surface area contributed by atoms with Crippen molar-refractivity contribution in [2.45, 2.75) is 45.8 Å². The number of aromatic nitrogens is 1. The van der Waals surface area contributed by atoms with Crippen LogP contribution in [-0.4, -0.2) is 36.9 Å². The molecule has 4 nitrogen and oxygen atoms in total. The third-order valence-electron chi connectivity index (χ3n) is 4.43. The molecular formula is C16H24BClN2O2. The Labute approximate surface area is 138 Å². The van der Waals surface area contributed by atoms with Crippen LogP contribution in [0.15, 0.2) is 17.7 Å². The Balaban J connectivity index is 2.38. The predicted molar refractivity (Wildman–Crippen MR) is 92.0 cm³/mol. The van der Waals surface area contributed by atoms with Crippen LogP contribution < -0.4 is 5.32 Å². The topological polar surface area (TPSA) is 43.4 Å². The first kappa shape index (κ1) is 17.5. The van der Waals surface area contributed by atoms with E-state index in [1.165, 1.54) is 0 Å². The Morgan fingerprint density at radius 2 is 1.91 bits per heavy atom. The fourth-order valence-electron chi connectivity index (χ4n) is 2.30. The standard InChI is InChI=1S/C16H24BClN2O2/c1-11-7-8-20-14(18)13(11)9-12(10-19-6)17-21-15(2,3)16(4,5)22-17/h7-9,19H,10H2,1-6H3. The molecule has 1 fully saturated rings. The van der Waals surface area contributed by atoms with Crippen LogP contribution in [0, 0.1) is 6.92 Å². The van der Waals surface area contributed by atoms with Gasteiger partial charge in [0.15, 0.2) is 0 Å². The maximum absolute atomic E-state index is 6.23. The summed E-state index contributed by atoms with van der Waals surface area (Å²) in [6, 6.07) is 1.94. The number of pyridine rings is 1. The highest BCUT2D eigenvalue weighted by Crippen LogP contribution is 2.39. The Bertz CT molecular complexity index is 551. The predicted octanol–water partition coefficient (Wildman–Crippen LogP) is 3.28. The number of nitrogens with zero attached hydrogens (tertiary/aromatic N) is 1. The molecule has 0 atom stereocenters. The molecular weight excluding hydrogens is 298 g/mol. The van der Waals surface area contributed by atoms with E-state index in [9.17, 15) is 0 Å². The van der Waals surface area contributed by atoms with Gasteiger partial charge in [-0.05, 0) is 58.8 Å². The molecule has 2 rings (SSSR count). The SMILES string of the molecule is CNCC(=Cc1c(C)ccnc1Cl)B1OC(C)(C)C(C)(C)O1. The normalized spacial score (nSPS) is 20.5. The molecule has 1 aromatic heterocycles. The molecule has 2 heterocycles. The summed E-state index contributed by atoms with van der Waals surface area (Å²) in [5.41, 5.74) is 2.25. The highest BCUT2D eigenvalue weighted by Gasteiger charge is 2.52. The summed E-state index contributed by atoms with van der Waals surface area (Å²) in [4.78, 5) is 4.16. The molecule has 1 aliphatic heterocycles. The number of nitrogens with one attached hydrogen (secondary N) is 1. The van der Waals surface area contributed by atoms with Gasteiger partial charge >= 0.3 is 7.12 Å². The number of rotatable bonds is 4. The summed E-state index contributed by atoms with van der Waals surface area (Å²) < 4.78 is 12.3. The fourth-order valence-corrected chi connectivity index (χ4v) is 2.56. The second-order valence-corrected chi connectivity index (χ2v) is 7.03. The van der Waals surface area contributed by atoms with E-state index in [1.807, 2.05) is 53.8 Å². The van der Waals surface area contributed by atoms with Crippen LogP contribution in [0.1, 0.15) is 38.8 Å². The van der Waals surface area contributed by atoms with Crippen molar-refractivity contribution in [3.05, 3.63) is 34.0 Å². The first-order chi connectivity index (χ1) is 10.2. The van der Waals surface area contributed by atoms with E-state index in [0.717, 1.165) is 16.6 Å². The Hall–Kier alpha value is -0.875. The van der Waals surface area contributed by atoms with E-state index >= 15 is 0 Å². The third kappa shape index (κ3) is 3.38. The van der Waals surface area contributed by atoms with Crippen LogP contribution >= 0.6 is 11.6 Å². The lowest BCUT2D eigenvalue weighted by Crippen LogP contribution is -2.41. The molecule has 120 valence electrons. The maximum Gasteiger partial charge on any atom is 0.491 e. The van der Waals surface area contributed by atoms with E-state index < -0.39 is 7.12 Å². The van der Waals surface area contributed by atoms with Crippen LogP contribution in [0.4, 0.5) is 0 Å². The number of hydrogen-bond acceptors (Lipinski definition) is 4. The summed E-state index contributed by atoms with van der Waals surface area (Å²) in [6.45, 7) is 10.9. The summed E-state index contributed by atoms with van der Waals surface area (Å²) in [7, 11) is 1.50. The van der Waals surface area contributed by atoms with E-state index in [1.54, 1.807) is 6.20 Å². The monoisotopic (exact) mass is 322 g/mol. The van der Waals surface area contributed by atoms with E-state index in [0.29, 0.717) is 11.7 Å². The van der Waals surface area contributed by atoms with Crippen LogP contribution in [0.2, 0.25) is 5.15 Å². The van der Waals surface area contributed by atoms with Crippen LogP contribution in [0.25, 0.3) is 6.08 Å². The Morgan fingerprint density at radius 1 is 1.32 bits per heavy atom. The molecule has 0 saturated carbocycles. The summed E-state index contributed by atoms with van der Waals surface area (Å²) in [5.74, 6) is 0. The van der Waals surface area contributed by atoms with Gasteiger partial charge in [-0.15, -0.1) is 0 Å². The molecule has 0 spiro atoms. The molecule has 0 bridgehead atoms. The average molecular weight is 323 g/mol. The first-order valence-corrected chi connectivity index (χ1v) is 7.87. The van der Waals surface area contributed by atoms with E-state index in [2.05, 4.69) is 10.3 Å². The quantitative estimate of drug-likeness (QED) is 0.682. The molecule has 0 radical (unpaired) electrons. The largest absolute Gasteiger partial charge is 0.491 e. The van der Waals surface area contributed by atoms with Gasteiger partial charge in [0.25, 0.3) is 0 Å². The van der Waals surface area contributed by atoms with Crippen molar-refractivity contribution in [3.63, 3.8) is 0 Å². The van der Waals surface area contributed by atoms with Crippen molar-refractivity contribution >= 4 is 24.8 Å². The highest BCUT2D eigenvalue weighted by atomic mass is 35.5.